The van der Waals surface area contributed by atoms with Crippen LogP contribution in [0.25, 0.3) is 0 Å². The minimum absolute atomic E-state index is 0.0831. The number of likely N-dealkylation sites (N-methyl/N-ethyl adjacent to an activating group) is 1. The molecule has 124 valence electrons. The van der Waals surface area contributed by atoms with E-state index in [0.29, 0.717) is 13.0 Å². The fraction of sp³-hybridized carbons (Fsp3) is 0.389. The lowest BCUT2D eigenvalue weighted by Crippen LogP contribution is -2.35. The molecule has 0 radical (unpaired) electrons. The van der Waals surface area contributed by atoms with Gasteiger partial charge in [-0.15, -0.1) is 0 Å². The third kappa shape index (κ3) is 5.45. The number of hydrogen-bond acceptors (Lipinski definition) is 4. The molecule has 1 unspecified atom stereocenters. The second kappa shape index (κ2) is 8.39. The maximum absolute atomic E-state index is 12.1. The highest BCUT2D eigenvalue weighted by atomic mass is 16.5. The standard InChI is InChI=1S/C18H25N3O2/c1-21(2)12-11-19-18(22)14-7-9-15(10-8-14)20-16-5-4-6-17(13-16)23-3/h4-7,9-10,13-14,20H,8,11-12H2,1-3H3,(H,19,22). The summed E-state index contributed by atoms with van der Waals surface area (Å²) < 4.78 is 5.21. The zero-order chi connectivity index (χ0) is 16.7. The van der Waals surface area contributed by atoms with Gasteiger partial charge in [-0.05, 0) is 38.7 Å². The van der Waals surface area contributed by atoms with Gasteiger partial charge >= 0.3 is 0 Å². The first-order valence-electron chi connectivity index (χ1n) is 7.80. The molecule has 2 N–H and O–H groups in total. The molecule has 1 atom stereocenters. The Kier molecular flexibility index (Phi) is 6.23. The smallest absolute Gasteiger partial charge is 0.227 e. The number of benzene rings is 1. The van der Waals surface area contributed by atoms with E-state index in [2.05, 4.69) is 16.7 Å². The Hall–Kier alpha value is -2.27. The minimum atomic E-state index is -0.0898. The SMILES string of the molecule is COc1cccc(NC2=CCC(C(=O)NCCN(C)C)C=C2)c1. The molecule has 2 rings (SSSR count). The molecule has 1 aliphatic carbocycles. The fourth-order valence-electron chi connectivity index (χ4n) is 2.31. The van der Waals surface area contributed by atoms with E-state index >= 15 is 0 Å². The summed E-state index contributed by atoms with van der Waals surface area (Å²) in [4.78, 5) is 14.1. The van der Waals surface area contributed by atoms with Crippen molar-refractivity contribution >= 4 is 11.6 Å². The van der Waals surface area contributed by atoms with Crippen LogP contribution in [-0.4, -0.2) is 45.1 Å². The highest BCUT2D eigenvalue weighted by Gasteiger charge is 2.16. The molecule has 0 spiro atoms. The van der Waals surface area contributed by atoms with Crippen LogP contribution < -0.4 is 15.4 Å². The summed E-state index contributed by atoms with van der Waals surface area (Å²) in [5.74, 6) is 0.807. The van der Waals surface area contributed by atoms with E-state index in [1.165, 1.54) is 0 Å². The van der Waals surface area contributed by atoms with E-state index < -0.39 is 0 Å². The van der Waals surface area contributed by atoms with Gasteiger partial charge in [0.2, 0.25) is 5.91 Å². The van der Waals surface area contributed by atoms with E-state index in [1.807, 2.05) is 55.4 Å². The molecule has 0 saturated carbocycles. The molecule has 0 saturated heterocycles. The average molecular weight is 315 g/mol. The first-order valence-corrected chi connectivity index (χ1v) is 7.80. The van der Waals surface area contributed by atoms with Crippen molar-refractivity contribution in [1.82, 2.24) is 10.2 Å². The molecule has 1 amide bonds. The van der Waals surface area contributed by atoms with E-state index in [0.717, 1.165) is 23.7 Å². The van der Waals surface area contributed by atoms with Gasteiger partial charge in [-0.3, -0.25) is 4.79 Å². The summed E-state index contributed by atoms with van der Waals surface area (Å²) in [6.07, 6.45) is 6.67. The Balaban J connectivity index is 1.84. The van der Waals surface area contributed by atoms with Crippen molar-refractivity contribution in [1.29, 1.82) is 0 Å². The van der Waals surface area contributed by atoms with Crippen LogP contribution in [0.2, 0.25) is 0 Å². The lowest BCUT2D eigenvalue weighted by Gasteiger charge is -2.18. The summed E-state index contributed by atoms with van der Waals surface area (Å²) in [5.41, 5.74) is 1.96. The number of carbonyl (C=O) groups excluding carboxylic acids is 1. The van der Waals surface area contributed by atoms with Crippen molar-refractivity contribution in [2.45, 2.75) is 6.42 Å². The number of carbonyl (C=O) groups is 1. The number of allylic oxidation sites excluding steroid dienone is 2. The quantitative estimate of drug-likeness (QED) is 0.810. The number of amides is 1. The molecule has 0 bridgehead atoms. The molecule has 0 aromatic heterocycles. The van der Waals surface area contributed by atoms with Gasteiger partial charge in [0.1, 0.15) is 5.75 Å². The highest BCUT2D eigenvalue weighted by molar-refractivity contribution is 5.81. The van der Waals surface area contributed by atoms with Gasteiger partial charge in [0.15, 0.2) is 0 Å². The first-order chi connectivity index (χ1) is 11.1. The maximum Gasteiger partial charge on any atom is 0.227 e. The van der Waals surface area contributed by atoms with Crippen LogP contribution >= 0.6 is 0 Å². The summed E-state index contributed by atoms with van der Waals surface area (Å²) >= 11 is 0. The van der Waals surface area contributed by atoms with E-state index in [-0.39, 0.29) is 11.8 Å². The van der Waals surface area contributed by atoms with Gasteiger partial charge in [0.25, 0.3) is 0 Å². The number of rotatable bonds is 7. The lowest BCUT2D eigenvalue weighted by atomic mass is 9.98. The average Bonchev–Trinajstić information content (AvgIpc) is 2.55. The van der Waals surface area contributed by atoms with Gasteiger partial charge in [-0.2, -0.15) is 0 Å². The highest BCUT2D eigenvalue weighted by Crippen LogP contribution is 2.21. The van der Waals surface area contributed by atoms with Crippen molar-refractivity contribution in [3.63, 3.8) is 0 Å². The van der Waals surface area contributed by atoms with Crippen LogP contribution in [0.1, 0.15) is 6.42 Å². The molecule has 1 aromatic carbocycles. The summed E-state index contributed by atoms with van der Waals surface area (Å²) in [5, 5.41) is 6.29. The minimum Gasteiger partial charge on any atom is -0.497 e. The van der Waals surface area contributed by atoms with Gasteiger partial charge in [-0.25, -0.2) is 0 Å². The number of methoxy groups -OCH3 is 1. The molecule has 0 aliphatic heterocycles. The van der Waals surface area contributed by atoms with E-state index in [1.54, 1.807) is 7.11 Å². The second-order valence-corrected chi connectivity index (χ2v) is 5.81. The van der Waals surface area contributed by atoms with Gasteiger partial charge in [-0.1, -0.05) is 18.2 Å². The number of nitrogens with one attached hydrogen (secondary N) is 2. The number of hydrogen-bond donors (Lipinski definition) is 2. The summed E-state index contributed by atoms with van der Waals surface area (Å²) in [6, 6.07) is 7.77. The molecular formula is C18H25N3O2. The second-order valence-electron chi connectivity index (χ2n) is 5.81. The molecule has 1 aliphatic rings. The Morgan fingerprint density at radius 3 is 2.87 bits per heavy atom. The maximum atomic E-state index is 12.1. The Morgan fingerprint density at radius 1 is 1.39 bits per heavy atom. The topological polar surface area (TPSA) is 53.6 Å². The Bertz CT molecular complexity index is 594. The lowest BCUT2D eigenvalue weighted by molar-refractivity contribution is -0.123. The van der Waals surface area contributed by atoms with Crippen molar-refractivity contribution < 1.29 is 9.53 Å². The van der Waals surface area contributed by atoms with Crippen molar-refractivity contribution in [2.75, 3.05) is 39.6 Å². The molecule has 5 nitrogen and oxygen atoms in total. The summed E-state index contributed by atoms with van der Waals surface area (Å²) in [7, 11) is 5.64. The Labute approximate surface area is 138 Å². The van der Waals surface area contributed by atoms with Crippen molar-refractivity contribution in [3.05, 3.63) is 48.2 Å². The van der Waals surface area contributed by atoms with Crippen molar-refractivity contribution in [2.24, 2.45) is 5.92 Å². The predicted octanol–water partition coefficient (Wildman–Crippen LogP) is 2.24. The molecular weight excluding hydrogens is 290 g/mol. The third-order valence-electron chi connectivity index (χ3n) is 3.65. The van der Waals surface area contributed by atoms with Gasteiger partial charge < -0.3 is 20.3 Å². The van der Waals surface area contributed by atoms with Crippen molar-refractivity contribution in [3.8, 4) is 5.75 Å². The molecule has 5 heteroatoms. The largest absolute Gasteiger partial charge is 0.497 e. The third-order valence-corrected chi connectivity index (χ3v) is 3.65. The van der Waals surface area contributed by atoms with Crippen LogP contribution in [0.15, 0.2) is 48.2 Å². The zero-order valence-electron chi connectivity index (χ0n) is 14.0. The van der Waals surface area contributed by atoms with E-state index in [4.69, 9.17) is 4.74 Å². The monoisotopic (exact) mass is 315 g/mol. The molecule has 0 fully saturated rings. The zero-order valence-corrected chi connectivity index (χ0v) is 14.0. The first kappa shape index (κ1) is 17.1. The predicted molar refractivity (Wildman–Crippen MR) is 93.5 cm³/mol. The number of nitrogens with zero attached hydrogens (tertiary/aromatic N) is 1. The van der Waals surface area contributed by atoms with Crippen LogP contribution in [0.3, 0.4) is 0 Å². The van der Waals surface area contributed by atoms with Crippen LogP contribution in [-0.2, 0) is 4.79 Å². The molecule has 23 heavy (non-hydrogen) atoms. The van der Waals surface area contributed by atoms with Crippen LogP contribution in [0.5, 0.6) is 5.75 Å². The van der Waals surface area contributed by atoms with Gasteiger partial charge in [0, 0.05) is 30.5 Å². The van der Waals surface area contributed by atoms with Crippen LogP contribution in [0.4, 0.5) is 5.69 Å². The normalized spacial score (nSPS) is 16.9. The Morgan fingerprint density at radius 2 is 2.22 bits per heavy atom. The van der Waals surface area contributed by atoms with Crippen LogP contribution in [0, 0.1) is 5.92 Å². The molecule has 1 aromatic rings. The summed E-state index contributed by atoms with van der Waals surface area (Å²) in [6.45, 7) is 1.52. The fourth-order valence-corrected chi connectivity index (χ4v) is 2.31. The van der Waals surface area contributed by atoms with Gasteiger partial charge in [0.05, 0.1) is 13.0 Å². The van der Waals surface area contributed by atoms with E-state index in [9.17, 15) is 4.79 Å². The number of anilines is 1. The molecule has 0 heterocycles. The number of ether oxygens (including phenoxy) is 1.